The second kappa shape index (κ2) is 5.63. The van der Waals surface area contributed by atoms with E-state index in [0.29, 0.717) is 23.5 Å². The molecule has 4 rings (SSSR count). The van der Waals surface area contributed by atoms with Gasteiger partial charge >= 0.3 is 0 Å². The fraction of sp³-hybridized carbons (Fsp3) is 0.647. The van der Waals surface area contributed by atoms with E-state index in [1.807, 2.05) is 6.07 Å². The highest BCUT2D eigenvalue weighted by atomic mass is 16.5. The molecular formula is C17H23NO4. The molecule has 3 N–H and O–H groups in total. The predicted octanol–water partition coefficient (Wildman–Crippen LogP) is 1.98. The summed E-state index contributed by atoms with van der Waals surface area (Å²) < 4.78 is 11.7. The van der Waals surface area contributed by atoms with E-state index in [1.165, 1.54) is 0 Å². The van der Waals surface area contributed by atoms with E-state index in [2.05, 4.69) is 5.32 Å². The van der Waals surface area contributed by atoms with E-state index in [1.54, 1.807) is 6.07 Å². The summed E-state index contributed by atoms with van der Waals surface area (Å²) in [6.45, 7) is 3.51. The molecule has 2 fully saturated rings. The van der Waals surface area contributed by atoms with Crippen LogP contribution in [0.15, 0.2) is 12.1 Å². The summed E-state index contributed by atoms with van der Waals surface area (Å²) in [6, 6.07) is 3.47. The van der Waals surface area contributed by atoms with Crippen molar-refractivity contribution in [2.75, 3.05) is 26.3 Å². The maximum absolute atomic E-state index is 10.2. The Kier molecular flexibility index (Phi) is 3.62. The van der Waals surface area contributed by atoms with Gasteiger partial charge in [0.1, 0.15) is 6.10 Å². The molecule has 120 valence electrons. The van der Waals surface area contributed by atoms with Crippen LogP contribution in [-0.2, 0) is 4.74 Å². The van der Waals surface area contributed by atoms with E-state index >= 15 is 0 Å². The van der Waals surface area contributed by atoms with Gasteiger partial charge < -0.3 is 25.0 Å². The number of fused-ring (bicyclic) bond motifs is 3. The predicted molar refractivity (Wildman–Crippen MR) is 81.4 cm³/mol. The van der Waals surface area contributed by atoms with Crippen LogP contribution in [0.25, 0.3) is 0 Å². The van der Waals surface area contributed by atoms with Gasteiger partial charge in [-0.3, -0.25) is 0 Å². The number of ether oxygens (including phenoxy) is 2. The Labute approximate surface area is 130 Å². The van der Waals surface area contributed by atoms with Crippen molar-refractivity contribution < 1.29 is 19.7 Å². The smallest absolute Gasteiger partial charge is 0.200 e. The number of benzene rings is 1. The number of hydrogen-bond donors (Lipinski definition) is 3. The largest absolute Gasteiger partial charge is 0.504 e. The molecule has 3 aliphatic heterocycles. The number of aromatic hydroxyl groups is 2. The number of piperidine rings is 1. The van der Waals surface area contributed by atoms with Crippen molar-refractivity contribution in [1.82, 2.24) is 5.32 Å². The van der Waals surface area contributed by atoms with Crippen LogP contribution >= 0.6 is 0 Å². The van der Waals surface area contributed by atoms with Gasteiger partial charge in [-0.1, -0.05) is 6.07 Å². The molecule has 3 atom stereocenters. The minimum Gasteiger partial charge on any atom is -0.504 e. The molecule has 2 saturated heterocycles. The van der Waals surface area contributed by atoms with E-state index < -0.39 is 0 Å². The van der Waals surface area contributed by atoms with Crippen molar-refractivity contribution in [3.05, 3.63) is 17.7 Å². The molecule has 0 aromatic heterocycles. The third-order valence-corrected chi connectivity index (χ3v) is 5.48. The minimum atomic E-state index is -0.112. The molecule has 22 heavy (non-hydrogen) atoms. The molecule has 0 aliphatic carbocycles. The van der Waals surface area contributed by atoms with Crippen LogP contribution in [0, 0.1) is 11.8 Å². The topological polar surface area (TPSA) is 71.0 Å². The molecular weight excluding hydrogens is 282 g/mol. The summed E-state index contributed by atoms with van der Waals surface area (Å²) in [7, 11) is 0. The van der Waals surface area contributed by atoms with Gasteiger partial charge in [0.25, 0.3) is 0 Å². The van der Waals surface area contributed by atoms with Gasteiger partial charge in [-0.25, -0.2) is 0 Å². The Morgan fingerprint density at radius 2 is 1.91 bits per heavy atom. The summed E-state index contributed by atoms with van der Waals surface area (Å²) in [5, 5.41) is 23.5. The normalized spacial score (nSPS) is 31.9. The number of phenolic OH excluding ortho intramolecular Hbond substituents is 2. The van der Waals surface area contributed by atoms with Gasteiger partial charge in [-0.05, 0) is 31.9 Å². The molecule has 0 radical (unpaired) electrons. The Morgan fingerprint density at radius 3 is 2.73 bits per heavy atom. The lowest BCUT2D eigenvalue weighted by Gasteiger charge is -2.46. The molecule has 1 aromatic rings. The molecule has 5 heteroatoms. The summed E-state index contributed by atoms with van der Waals surface area (Å²) in [4.78, 5) is 0. The molecule has 3 unspecified atom stereocenters. The monoisotopic (exact) mass is 305 g/mol. The Hall–Kier alpha value is -1.46. The molecule has 3 heterocycles. The van der Waals surface area contributed by atoms with Gasteiger partial charge in [0.05, 0.1) is 0 Å². The second-order valence-corrected chi connectivity index (χ2v) is 6.65. The molecule has 0 spiro atoms. The first kappa shape index (κ1) is 14.2. The Bertz CT molecular complexity index is 556. The summed E-state index contributed by atoms with van der Waals surface area (Å²) >= 11 is 0. The third kappa shape index (κ3) is 2.23. The zero-order chi connectivity index (χ0) is 15.1. The summed E-state index contributed by atoms with van der Waals surface area (Å²) in [5.41, 5.74) is 1.02. The Balaban J connectivity index is 1.72. The zero-order valence-electron chi connectivity index (χ0n) is 12.6. The number of hydrogen-bond acceptors (Lipinski definition) is 5. The summed E-state index contributed by atoms with van der Waals surface area (Å²) in [5.74, 6) is 1.55. The molecule has 1 aromatic carbocycles. The first-order valence-electron chi connectivity index (χ1n) is 8.25. The quantitative estimate of drug-likeness (QED) is 0.692. The van der Waals surface area contributed by atoms with Gasteiger partial charge in [0.15, 0.2) is 11.5 Å². The highest BCUT2D eigenvalue weighted by Gasteiger charge is 2.44. The van der Waals surface area contributed by atoms with Crippen molar-refractivity contribution in [1.29, 1.82) is 0 Å². The molecule has 0 bridgehead atoms. The molecule has 5 nitrogen and oxygen atoms in total. The van der Waals surface area contributed by atoms with Gasteiger partial charge in [-0.15, -0.1) is 0 Å². The van der Waals surface area contributed by atoms with Gasteiger partial charge in [0.2, 0.25) is 5.75 Å². The van der Waals surface area contributed by atoms with Crippen LogP contribution in [0.1, 0.15) is 30.7 Å². The van der Waals surface area contributed by atoms with Gasteiger partial charge in [0, 0.05) is 43.1 Å². The van der Waals surface area contributed by atoms with E-state index in [-0.39, 0.29) is 17.6 Å². The number of phenols is 2. The second-order valence-electron chi connectivity index (χ2n) is 6.65. The molecule has 0 amide bonds. The van der Waals surface area contributed by atoms with Crippen molar-refractivity contribution in [3.8, 4) is 17.2 Å². The first-order chi connectivity index (χ1) is 10.8. The lowest BCUT2D eigenvalue weighted by molar-refractivity contribution is -0.0266. The highest BCUT2D eigenvalue weighted by molar-refractivity contribution is 5.56. The van der Waals surface area contributed by atoms with E-state index in [9.17, 15) is 10.2 Å². The number of nitrogens with one attached hydrogen (secondary N) is 1. The Morgan fingerprint density at radius 1 is 1.09 bits per heavy atom. The van der Waals surface area contributed by atoms with Gasteiger partial charge in [-0.2, -0.15) is 0 Å². The van der Waals surface area contributed by atoms with Crippen LogP contribution in [0.3, 0.4) is 0 Å². The highest BCUT2D eigenvalue weighted by Crippen LogP contribution is 2.51. The van der Waals surface area contributed by atoms with Crippen LogP contribution in [0.4, 0.5) is 0 Å². The van der Waals surface area contributed by atoms with E-state index in [0.717, 1.165) is 51.1 Å². The maximum Gasteiger partial charge on any atom is 0.200 e. The van der Waals surface area contributed by atoms with Crippen molar-refractivity contribution in [2.24, 2.45) is 11.8 Å². The first-order valence-corrected chi connectivity index (χ1v) is 8.25. The van der Waals surface area contributed by atoms with Crippen LogP contribution in [0.5, 0.6) is 17.2 Å². The molecule has 3 aliphatic rings. The zero-order valence-corrected chi connectivity index (χ0v) is 12.6. The fourth-order valence-corrected chi connectivity index (χ4v) is 4.32. The SMILES string of the molecule is Oc1ccc2c(c1O)OC(C1CCOCC1)C1CCNCC21. The standard InChI is InChI=1S/C17H23NO4/c19-14-2-1-11-13-9-18-6-3-12(13)16(22-17(11)15(14)20)10-4-7-21-8-5-10/h1-2,10,12-13,16,18-20H,3-9H2. The maximum atomic E-state index is 10.2. The van der Waals surface area contributed by atoms with Crippen molar-refractivity contribution in [2.45, 2.75) is 31.3 Å². The van der Waals surface area contributed by atoms with Crippen LogP contribution < -0.4 is 10.1 Å². The third-order valence-electron chi connectivity index (χ3n) is 5.48. The summed E-state index contributed by atoms with van der Waals surface area (Å²) in [6.07, 6.45) is 3.22. The lowest BCUT2D eigenvalue weighted by Crippen LogP contribution is -2.49. The van der Waals surface area contributed by atoms with Crippen molar-refractivity contribution in [3.63, 3.8) is 0 Å². The van der Waals surface area contributed by atoms with E-state index in [4.69, 9.17) is 9.47 Å². The van der Waals surface area contributed by atoms with Crippen LogP contribution in [-0.4, -0.2) is 42.6 Å². The average Bonchev–Trinajstić information content (AvgIpc) is 2.58. The number of rotatable bonds is 1. The lowest BCUT2D eigenvalue weighted by atomic mass is 9.71. The fourth-order valence-electron chi connectivity index (χ4n) is 4.32. The molecule has 0 saturated carbocycles. The van der Waals surface area contributed by atoms with Crippen LogP contribution in [0.2, 0.25) is 0 Å². The average molecular weight is 305 g/mol. The van der Waals surface area contributed by atoms with Crippen molar-refractivity contribution >= 4 is 0 Å². The minimum absolute atomic E-state index is 0.105.